The third-order valence-corrected chi connectivity index (χ3v) is 5.51. The summed E-state index contributed by atoms with van der Waals surface area (Å²) in [6, 6.07) is 6.61. The lowest BCUT2D eigenvalue weighted by Crippen LogP contribution is -2.38. The first kappa shape index (κ1) is 16.3. The lowest BCUT2D eigenvalue weighted by molar-refractivity contribution is -0.131. The Bertz CT molecular complexity index is 760. The number of carbonyl (C=O) groups is 1. The minimum absolute atomic E-state index is 0.232. The molecule has 1 aromatic heterocycles. The van der Waals surface area contributed by atoms with Gasteiger partial charge in [0.15, 0.2) is 5.82 Å². The number of benzene rings is 1. The number of amides is 1. The smallest absolute Gasteiger partial charge is 0.229 e. The molecule has 1 aliphatic heterocycles. The van der Waals surface area contributed by atoms with E-state index in [-0.39, 0.29) is 11.8 Å². The van der Waals surface area contributed by atoms with Crippen LogP contribution in [0.1, 0.15) is 60.0 Å². The van der Waals surface area contributed by atoms with Crippen molar-refractivity contribution in [3.63, 3.8) is 0 Å². The van der Waals surface area contributed by atoms with Crippen molar-refractivity contribution in [1.82, 2.24) is 15.0 Å². The van der Waals surface area contributed by atoms with E-state index < -0.39 is 0 Å². The average molecular weight is 339 g/mol. The largest absolute Gasteiger partial charge is 0.342 e. The molecule has 4 rings (SSSR count). The fourth-order valence-corrected chi connectivity index (χ4v) is 4.04. The first-order chi connectivity index (χ1) is 12.2. The van der Waals surface area contributed by atoms with E-state index in [0.717, 1.165) is 43.8 Å². The number of hydrogen-bond acceptors (Lipinski definition) is 4. The van der Waals surface area contributed by atoms with E-state index in [0.29, 0.717) is 12.2 Å². The highest BCUT2D eigenvalue weighted by Gasteiger charge is 2.27. The Morgan fingerprint density at radius 3 is 2.68 bits per heavy atom. The zero-order chi connectivity index (χ0) is 17.2. The van der Waals surface area contributed by atoms with Gasteiger partial charge in [-0.25, -0.2) is 0 Å². The van der Waals surface area contributed by atoms with Crippen LogP contribution in [0.3, 0.4) is 0 Å². The van der Waals surface area contributed by atoms with Gasteiger partial charge in [0.1, 0.15) is 0 Å². The monoisotopic (exact) mass is 339 g/mol. The van der Waals surface area contributed by atoms with Gasteiger partial charge in [-0.05, 0) is 62.1 Å². The van der Waals surface area contributed by atoms with Gasteiger partial charge in [-0.1, -0.05) is 23.4 Å². The number of aryl methyl sites for hydroxylation is 3. The summed E-state index contributed by atoms with van der Waals surface area (Å²) in [4.78, 5) is 19.0. The molecule has 0 bridgehead atoms. The normalized spacial score (nSPS) is 18.2. The Balaban J connectivity index is 1.34. The number of aromatic nitrogens is 2. The van der Waals surface area contributed by atoms with Crippen LogP contribution >= 0.6 is 0 Å². The maximum absolute atomic E-state index is 12.7. The number of carbonyl (C=O) groups excluding carboxylic acids is 1. The van der Waals surface area contributed by atoms with Crippen LogP contribution in [-0.4, -0.2) is 34.0 Å². The molecule has 1 amide bonds. The molecular formula is C20H25N3O2. The summed E-state index contributed by atoms with van der Waals surface area (Å²) in [5.74, 6) is 1.92. The van der Waals surface area contributed by atoms with Gasteiger partial charge < -0.3 is 9.42 Å². The van der Waals surface area contributed by atoms with E-state index >= 15 is 0 Å². The predicted octanol–water partition coefficient (Wildman–Crippen LogP) is 3.21. The fraction of sp³-hybridized carbons (Fsp3) is 0.550. The molecule has 2 heterocycles. The molecule has 0 spiro atoms. The second kappa shape index (κ2) is 6.98. The molecule has 1 fully saturated rings. The van der Waals surface area contributed by atoms with Crippen LogP contribution in [0.4, 0.5) is 0 Å². The molecule has 1 aliphatic carbocycles. The molecule has 0 N–H and O–H groups in total. The summed E-state index contributed by atoms with van der Waals surface area (Å²) in [6.07, 6.45) is 7.22. The molecule has 0 saturated carbocycles. The Kier molecular flexibility index (Phi) is 4.55. The van der Waals surface area contributed by atoms with Crippen molar-refractivity contribution in [3.05, 3.63) is 46.6 Å². The molecule has 1 saturated heterocycles. The first-order valence-corrected chi connectivity index (χ1v) is 9.38. The second-order valence-electron chi connectivity index (χ2n) is 7.32. The van der Waals surface area contributed by atoms with Crippen molar-refractivity contribution in [2.24, 2.45) is 0 Å². The number of hydrogen-bond donors (Lipinski definition) is 0. The lowest BCUT2D eigenvalue weighted by Gasteiger charge is -2.30. The maximum atomic E-state index is 12.7. The average Bonchev–Trinajstić information content (AvgIpc) is 3.08. The van der Waals surface area contributed by atoms with Gasteiger partial charge in [-0.2, -0.15) is 4.98 Å². The Morgan fingerprint density at radius 2 is 1.96 bits per heavy atom. The molecule has 1 aromatic carbocycles. The minimum Gasteiger partial charge on any atom is -0.342 e. The summed E-state index contributed by atoms with van der Waals surface area (Å²) in [6.45, 7) is 3.38. The fourth-order valence-electron chi connectivity index (χ4n) is 4.04. The molecule has 5 heteroatoms. The third kappa shape index (κ3) is 3.60. The van der Waals surface area contributed by atoms with E-state index in [9.17, 15) is 4.79 Å². The molecule has 2 aromatic rings. The Morgan fingerprint density at radius 1 is 1.20 bits per heavy atom. The topological polar surface area (TPSA) is 59.2 Å². The Hall–Kier alpha value is -2.17. The maximum Gasteiger partial charge on any atom is 0.229 e. The van der Waals surface area contributed by atoms with Crippen LogP contribution in [-0.2, 0) is 24.1 Å². The highest BCUT2D eigenvalue weighted by molar-refractivity contribution is 5.79. The van der Waals surface area contributed by atoms with E-state index in [1.807, 2.05) is 11.8 Å². The van der Waals surface area contributed by atoms with Crippen LogP contribution in [0, 0.1) is 6.92 Å². The van der Waals surface area contributed by atoms with Crippen molar-refractivity contribution in [3.8, 4) is 0 Å². The van der Waals surface area contributed by atoms with Crippen molar-refractivity contribution >= 4 is 5.91 Å². The highest BCUT2D eigenvalue weighted by atomic mass is 16.5. The van der Waals surface area contributed by atoms with Crippen molar-refractivity contribution < 1.29 is 9.32 Å². The molecule has 25 heavy (non-hydrogen) atoms. The minimum atomic E-state index is 0.232. The van der Waals surface area contributed by atoms with Crippen molar-refractivity contribution in [2.45, 2.75) is 57.8 Å². The molecule has 0 unspecified atom stereocenters. The summed E-state index contributed by atoms with van der Waals surface area (Å²) < 4.78 is 5.28. The number of nitrogens with zero attached hydrogens (tertiary/aromatic N) is 3. The van der Waals surface area contributed by atoms with Gasteiger partial charge in [0.2, 0.25) is 11.8 Å². The van der Waals surface area contributed by atoms with Gasteiger partial charge >= 0.3 is 0 Å². The van der Waals surface area contributed by atoms with Crippen LogP contribution < -0.4 is 0 Å². The highest BCUT2D eigenvalue weighted by Crippen LogP contribution is 2.27. The lowest BCUT2D eigenvalue weighted by atomic mass is 9.90. The standard InChI is InChI=1S/C20H25N3O2/c1-14-21-20(25-22-14)17-8-10-23(11-9-17)19(24)13-15-6-7-16-4-2-3-5-18(16)12-15/h6-7,12,17H,2-5,8-11,13H2,1H3. The van der Waals surface area contributed by atoms with E-state index in [2.05, 4.69) is 28.3 Å². The van der Waals surface area contributed by atoms with E-state index in [1.54, 1.807) is 0 Å². The molecule has 0 radical (unpaired) electrons. The van der Waals surface area contributed by atoms with Crippen LogP contribution in [0.2, 0.25) is 0 Å². The molecular weight excluding hydrogens is 314 g/mol. The zero-order valence-corrected chi connectivity index (χ0v) is 14.8. The number of rotatable bonds is 3. The van der Waals surface area contributed by atoms with Crippen molar-refractivity contribution in [2.75, 3.05) is 13.1 Å². The molecule has 132 valence electrons. The van der Waals surface area contributed by atoms with Gasteiger partial charge in [0.25, 0.3) is 0 Å². The number of piperidine rings is 1. The first-order valence-electron chi connectivity index (χ1n) is 9.38. The van der Waals surface area contributed by atoms with Crippen LogP contribution in [0.25, 0.3) is 0 Å². The predicted molar refractivity (Wildman–Crippen MR) is 94.4 cm³/mol. The summed E-state index contributed by atoms with van der Waals surface area (Å²) in [7, 11) is 0. The SMILES string of the molecule is Cc1noc(C2CCN(C(=O)Cc3ccc4c(c3)CCCC4)CC2)n1. The molecule has 2 aliphatic rings. The van der Waals surface area contributed by atoms with E-state index in [1.165, 1.54) is 30.4 Å². The van der Waals surface area contributed by atoms with Gasteiger partial charge in [-0.15, -0.1) is 0 Å². The summed E-state index contributed by atoms with van der Waals surface area (Å²) >= 11 is 0. The zero-order valence-electron chi connectivity index (χ0n) is 14.8. The van der Waals surface area contributed by atoms with Crippen LogP contribution in [0.5, 0.6) is 0 Å². The number of fused-ring (bicyclic) bond motifs is 1. The Labute approximate surface area is 148 Å². The summed E-state index contributed by atoms with van der Waals surface area (Å²) in [5, 5.41) is 3.87. The molecule has 0 atom stereocenters. The van der Waals surface area contributed by atoms with Gasteiger partial charge in [0, 0.05) is 19.0 Å². The van der Waals surface area contributed by atoms with Gasteiger partial charge in [0.05, 0.1) is 6.42 Å². The van der Waals surface area contributed by atoms with E-state index in [4.69, 9.17) is 4.52 Å². The summed E-state index contributed by atoms with van der Waals surface area (Å²) in [5.41, 5.74) is 4.07. The molecule has 5 nitrogen and oxygen atoms in total. The quantitative estimate of drug-likeness (QED) is 0.861. The van der Waals surface area contributed by atoms with Gasteiger partial charge in [-0.3, -0.25) is 4.79 Å². The second-order valence-corrected chi connectivity index (χ2v) is 7.32. The number of likely N-dealkylation sites (tertiary alicyclic amines) is 1. The van der Waals surface area contributed by atoms with Crippen molar-refractivity contribution in [1.29, 1.82) is 0 Å². The third-order valence-electron chi connectivity index (χ3n) is 5.51. The van der Waals surface area contributed by atoms with Crippen LogP contribution in [0.15, 0.2) is 22.7 Å².